The van der Waals surface area contributed by atoms with Crippen LogP contribution in [0.4, 0.5) is 4.39 Å². The van der Waals surface area contributed by atoms with E-state index in [0.29, 0.717) is 12.1 Å². The van der Waals surface area contributed by atoms with Gasteiger partial charge in [0, 0.05) is 55.8 Å². The number of amides is 1. The lowest BCUT2D eigenvalue weighted by Crippen LogP contribution is -2.48. The zero-order valence-electron chi connectivity index (χ0n) is 16.0. The largest absolute Gasteiger partial charge is 0.497 e. The molecule has 1 fully saturated rings. The first-order chi connectivity index (χ1) is 13.5. The number of rotatable bonds is 7. The molecule has 2 aromatic carbocycles. The standard InChI is InChI=1S/C21H25BrFN3O2/c1-28-19-6-7-20(22)17(14-19)15-26-12-10-25(11-13-26)9-8-24-21(27)16-2-4-18(23)5-3-16/h2-7,14H,8-13,15H2,1H3,(H,24,27). The Kier molecular flexibility index (Phi) is 7.42. The number of piperazine rings is 1. The van der Waals surface area contributed by atoms with E-state index in [2.05, 4.69) is 37.1 Å². The Morgan fingerprint density at radius 2 is 1.79 bits per heavy atom. The van der Waals surface area contributed by atoms with Gasteiger partial charge in [0.1, 0.15) is 11.6 Å². The molecule has 0 atom stereocenters. The van der Waals surface area contributed by atoms with E-state index in [0.717, 1.165) is 49.5 Å². The molecule has 0 aliphatic carbocycles. The number of carbonyl (C=O) groups is 1. The molecule has 1 aliphatic heterocycles. The van der Waals surface area contributed by atoms with Crippen LogP contribution in [0.1, 0.15) is 15.9 Å². The van der Waals surface area contributed by atoms with Crippen molar-refractivity contribution in [3.63, 3.8) is 0 Å². The summed E-state index contributed by atoms with van der Waals surface area (Å²) >= 11 is 3.62. The first-order valence-electron chi connectivity index (χ1n) is 9.36. The summed E-state index contributed by atoms with van der Waals surface area (Å²) < 4.78 is 19.3. The lowest BCUT2D eigenvalue weighted by Gasteiger charge is -2.34. The Bertz CT molecular complexity index is 793. The van der Waals surface area contributed by atoms with Crippen molar-refractivity contribution in [2.45, 2.75) is 6.54 Å². The average molecular weight is 450 g/mol. The number of nitrogens with zero attached hydrogens (tertiary/aromatic N) is 2. The number of carbonyl (C=O) groups excluding carboxylic acids is 1. The summed E-state index contributed by atoms with van der Waals surface area (Å²) in [7, 11) is 1.68. The van der Waals surface area contributed by atoms with E-state index in [9.17, 15) is 9.18 Å². The fourth-order valence-corrected chi connectivity index (χ4v) is 3.61. The normalized spacial score (nSPS) is 15.4. The van der Waals surface area contributed by atoms with Crippen molar-refractivity contribution in [3.8, 4) is 5.75 Å². The van der Waals surface area contributed by atoms with E-state index in [1.165, 1.54) is 29.8 Å². The molecule has 1 heterocycles. The average Bonchev–Trinajstić information content (AvgIpc) is 2.71. The third kappa shape index (κ3) is 5.77. The zero-order valence-corrected chi connectivity index (χ0v) is 17.5. The summed E-state index contributed by atoms with van der Waals surface area (Å²) in [6.07, 6.45) is 0. The molecule has 3 rings (SSSR count). The van der Waals surface area contributed by atoms with Crippen molar-refractivity contribution in [3.05, 3.63) is 63.9 Å². The molecular formula is C21H25BrFN3O2. The summed E-state index contributed by atoms with van der Waals surface area (Å²) in [5.74, 6) is 0.366. The number of nitrogens with one attached hydrogen (secondary N) is 1. The van der Waals surface area contributed by atoms with Crippen molar-refractivity contribution in [2.75, 3.05) is 46.4 Å². The number of ether oxygens (including phenoxy) is 1. The van der Waals surface area contributed by atoms with Gasteiger partial charge in [-0.2, -0.15) is 0 Å². The van der Waals surface area contributed by atoms with Crippen molar-refractivity contribution >= 4 is 21.8 Å². The fraction of sp³-hybridized carbons (Fsp3) is 0.381. The van der Waals surface area contributed by atoms with Crippen LogP contribution in [0.2, 0.25) is 0 Å². The van der Waals surface area contributed by atoms with Gasteiger partial charge in [0.05, 0.1) is 7.11 Å². The molecule has 28 heavy (non-hydrogen) atoms. The Balaban J connectivity index is 1.39. The predicted octanol–water partition coefficient (Wildman–Crippen LogP) is 3.14. The molecule has 7 heteroatoms. The molecule has 1 N–H and O–H groups in total. The van der Waals surface area contributed by atoms with Crippen LogP contribution in [0.3, 0.4) is 0 Å². The number of hydrogen-bond donors (Lipinski definition) is 1. The highest BCUT2D eigenvalue weighted by atomic mass is 79.9. The van der Waals surface area contributed by atoms with Crippen LogP contribution < -0.4 is 10.1 Å². The van der Waals surface area contributed by atoms with Gasteiger partial charge < -0.3 is 10.1 Å². The van der Waals surface area contributed by atoms with Gasteiger partial charge in [-0.1, -0.05) is 15.9 Å². The number of benzene rings is 2. The van der Waals surface area contributed by atoms with Crippen molar-refractivity contribution < 1.29 is 13.9 Å². The van der Waals surface area contributed by atoms with Crippen molar-refractivity contribution in [1.29, 1.82) is 0 Å². The van der Waals surface area contributed by atoms with Gasteiger partial charge in [0.15, 0.2) is 0 Å². The third-order valence-electron chi connectivity index (χ3n) is 4.93. The summed E-state index contributed by atoms with van der Waals surface area (Å²) in [4.78, 5) is 16.8. The second-order valence-corrected chi connectivity index (χ2v) is 7.69. The maximum atomic E-state index is 12.9. The smallest absolute Gasteiger partial charge is 0.251 e. The molecule has 0 aromatic heterocycles. The Morgan fingerprint density at radius 3 is 2.46 bits per heavy atom. The Hall–Kier alpha value is -1.96. The first kappa shape index (κ1) is 20.8. The number of methoxy groups -OCH3 is 1. The SMILES string of the molecule is COc1ccc(Br)c(CN2CCN(CCNC(=O)c3ccc(F)cc3)CC2)c1. The lowest BCUT2D eigenvalue weighted by atomic mass is 10.2. The molecule has 0 unspecified atom stereocenters. The molecular weight excluding hydrogens is 425 g/mol. The maximum absolute atomic E-state index is 12.9. The van der Waals surface area contributed by atoms with Gasteiger partial charge in [-0.05, 0) is 48.0 Å². The quantitative estimate of drug-likeness (QED) is 0.704. The molecule has 1 aliphatic rings. The van der Waals surface area contributed by atoms with Gasteiger partial charge in [0.25, 0.3) is 5.91 Å². The molecule has 0 radical (unpaired) electrons. The Labute approximate surface area is 173 Å². The highest BCUT2D eigenvalue weighted by Crippen LogP contribution is 2.24. The second kappa shape index (κ2) is 10.0. The second-order valence-electron chi connectivity index (χ2n) is 6.84. The third-order valence-corrected chi connectivity index (χ3v) is 5.71. The number of hydrogen-bond acceptors (Lipinski definition) is 4. The van der Waals surface area contributed by atoms with Crippen LogP contribution in [0.15, 0.2) is 46.9 Å². The minimum absolute atomic E-state index is 0.165. The van der Waals surface area contributed by atoms with Gasteiger partial charge in [-0.3, -0.25) is 14.6 Å². The monoisotopic (exact) mass is 449 g/mol. The topological polar surface area (TPSA) is 44.8 Å². The van der Waals surface area contributed by atoms with Crippen LogP contribution in [0, 0.1) is 5.82 Å². The molecule has 2 aromatic rings. The van der Waals surface area contributed by atoms with Crippen LogP contribution in [0.25, 0.3) is 0 Å². The minimum Gasteiger partial charge on any atom is -0.497 e. The highest BCUT2D eigenvalue weighted by molar-refractivity contribution is 9.10. The van der Waals surface area contributed by atoms with E-state index >= 15 is 0 Å². The van der Waals surface area contributed by atoms with E-state index in [1.54, 1.807) is 7.11 Å². The van der Waals surface area contributed by atoms with E-state index < -0.39 is 0 Å². The van der Waals surface area contributed by atoms with Crippen molar-refractivity contribution in [1.82, 2.24) is 15.1 Å². The molecule has 0 spiro atoms. The maximum Gasteiger partial charge on any atom is 0.251 e. The first-order valence-corrected chi connectivity index (χ1v) is 10.2. The predicted molar refractivity (Wildman–Crippen MR) is 111 cm³/mol. The molecule has 0 saturated carbocycles. The molecule has 1 amide bonds. The lowest BCUT2D eigenvalue weighted by molar-refractivity contribution is 0.0934. The zero-order chi connectivity index (χ0) is 19.9. The van der Waals surface area contributed by atoms with Gasteiger partial charge in [0.2, 0.25) is 0 Å². The molecule has 5 nitrogen and oxygen atoms in total. The van der Waals surface area contributed by atoms with Gasteiger partial charge >= 0.3 is 0 Å². The van der Waals surface area contributed by atoms with Crippen LogP contribution in [-0.2, 0) is 6.54 Å². The molecule has 150 valence electrons. The summed E-state index contributed by atoms with van der Waals surface area (Å²) in [5, 5.41) is 2.90. The fourth-order valence-electron chi connectivity index (χ4n) is 3.24. The molecule has 1 saturated heterocycles. The summed E-state index contributed by atoms with van der Waals surface area (Å²) in [6.45, 7) is 6.17. The summed E-state index contributed by atoms with van der Waals surface area (Å²) in [6, 6.07) is 11.6. The van der Waals surface area contributed by atoms with Gasteiger partial charge in [-0.25, -0.2) is 4.39 Å². The minimum atomic E-state index is -0.338. The van der Waals surface area contributed by atoms with E-state index in [4.69, 9.17) is 4.74 Å². The Morgan fingerprint density at radius 1 is 1.11 bits per heavy atom. The van der Waals surface area contributed by atoms with E-state index in [1.807, 2.05) is 12.1 Å². The van der Waals surface area contributed by atoms with Crippen LogP contribution in [-0.4, -0.2) is 62.1 Å². The highest BCUT2D eigenvalue weighted by Gasteiger charge is 2.18. The van der Waals surface area contributed by atoms with Crippen molar-refractivity contribution in [2.24, 2.45) is 0 Å². The van der Waals surface area contributed by atoms with Gasteiger partial charge in [-0.15, -0.1) is 0 Å². The summed E-state index contributed by atoms with van der Waals surface area (Å²) in [5.41, 5.74) is 1.70. The van der Waals surface area contributed by atoms with Crippen LogP contribution in [0.5, 0.6) is 5.75 Å². The van der Waals surface area contributed by atoms with E-state index in [-0.39, 0.29) is 11.7 Å². The van der Waals surface area contributed by atoms with Crippen LogP contribution >= 0.6 is 15.9 Å². The molecule has 0 bridgehead atoms. The number of halogens is 2.